The molecule has 0 atom stereocenters. The highest BCUT2D eigenvalue weighted by atomic mass is 16.5. The minimum absolute atomic E-state index is 0.518. The molecule has 0 aliphatic rings. The van der Waals surface area contributed by atoms with Crippen molar-refractivity contribution in [2.45, 2.75) is 12.3 Å². The molecular weight excluding hydrogens is 344 g/mol. The number of hydrogen-bond donors (Lipinski definition) is 1. The van der Waals surface area contributed by atoms with Crippen molar-refractivity contribution in [3.05, 3.63) is 47.5 Å². The highest BCUT2D eigenvalue weighted by Gasteiger charge is 2.42. The van der Waals surface area contributed by atoms with Gasteiger partial charge in [0.1, 0.15) is 16.9 Å². The summed E-state index contributed by atoms with van der Waals surface area (Å²) in [6.45, 7) is 1.68. The molecule has 1 N–H and O–H groups in total. The molecule has 2 aromatic carbocycles. The molecule has 27 heavy (non-hydrogen) atoms. The fraction of sp³-hybridized carbons (Fsp3) is 0.381. The Bertz CT molecular complexity index is 771. The zero-order valence-electron chi connectivity index (χ0n) is 17.0. The van der Waals surface area contributed by atoms with E-state index >= 15 is 0 Å². The molecule has 0 radical (unpaired) electrons. The van der Waals surface area contributed by atoms with Gasteiger partial charge in [-0.05, 0) is 19.1 Å². The van der Waals surface area contributed by atoms with E-state index in [1.807, 2.05) is 74.4 Å². The zero-order chi connectivity index (χ0) is 20.4. The molecule has 6 heteroatoms. The lowest BCUT2D eigenvalue weighted by Crippen LogP contribution is -2.34. The van der Waals surface area contributed by atoms with E-state index in [9.17, 15) is 9.90 Å². The average molecular weight is 372 g/mol. The van der Waals surface area contributed by atoms with Crippen LogP contribution in [0.25, 0.3) is 0 Å². The van der Waals surface area contributed by atoms with Crippen molar-refractivity contribution >= 4 is 17.3 Å². The molecule has 0 saturated heterocycles. The highest BCUT2D eigenvalue weighted by Crippen LogP contribution is 2.44. The van der Waals surface area contributed by atoms with Crippen LogP contribution in [0.1, 0.15) is 18.1 Å². The summed E-state index contributed by atoms with van der Waals surface area (Å²) >= 11 is 0. The molecule has 0 fully saturated rings. The Hall–Kier alpha value is -2.89. The first-order valence-corrected chi connectivity index (χ1v) is 8.61. The van der Waals surface area contributed by atoms with E-state index in [2.05, 4.69) is 0 Å². The summed E-state index contributed by atoms with van der Waals surface area (Å²) < 4.78 is 11.1. The van der Waals surface area contributed by atoms with Gasteiger partial charge in [-0.1, -0.05) is 12.1 Å². The monoisotopic (exact) mass is 372 g/mol. The number of carboxylic acids is 1. The van der Waals surface area contributed by atoms with Crippen LogP contribution < -0.4 is 19.3 Å². The van der Waals surface area contributed by atoms with E-state index in [-0.39, 0.29) is 0 Å². The van der Waals surface area contributed by atoms with E-state index in [1.165, 1.54) is 0 Å². The van der Waals surface area contributed by atoms with Gasteiger partial charge < -0.3 is 24.4 Å². The highest BCUT2D eigenvalue weighted by molar-refractivity contribution is 5.88. The molecule has 0 aromatic heterocycles. The minimum Gasteiger partial charge on any atom is -0.496 e. The van der Waals surface area contributed by atoms with Gasteiger partial charge in [-0.15, -0.1) is 0 Å². The van der Waals surface area contributed by atoms with Crippen molar-refractivity contribution in [2.24, 2.45) is 0 Å². The number of carboxylic acid groups (broad SMARTS) is 1. The van der Waals surface area contributed by atoms with Crippen LogP contribution in [-0.2, 0) is 10.2 Å². The molecule has 0 saturated carbocycles. The number of rotatable bonds is 7. The van der Waals surface area contributed by atoms with Gasteiger partial charge in [-0.2, -0.15) is 0 Å². The summed E-state index contributed by atoms with van der Waals surface area (Å²) in [5.74, 6) is 0.0592. The molecule has 0 bridgehead atoms. The molecule has 0 heterocycles. The summed E-state index contributed by atoms with van der Waals surface area (Å²) in [6, 6.07) is 11.1. The number of methoxy groups -OCH3 is 2. The number of hydrogen-bond acceptors (Lipinski definition) is 5. The Kier molecular flexibility index (Phi) is 5.88. The summed E-state index contributed by atoms with van der Waals surface area (Å²) in [5.41, 5.74) is 1.65. The standard InChI is InChI=1S/C21H28N2O4/c1-21(20(24)25,16-10-8-14(22(2)3)12-18(16)26-6)17-11-9-15(23(4)5)13-19(17)27-7/h8-13H,1-7H3,(H,24,25). The van der Waals surface area contributed by atoms with Crippen LogP contribution in [0.3, 0.4) is 0 Å². The third-order valence-corrected chi connectivity index (χ3v) is 4.91. The Morgan fingerprint density at radius 3 is 1.48 bits per heavy atom. The summed E-state index contributed by atoms with van der Waals surface area (Å²) in [4.78, 5) is 16.3. The van der Waals surface area contributed by atoms with Crippen LogP contribution in [0.5, 0.6) is 11.5 Å². The largest absolute Gasteiger partial charge is 0.496 e. The van der Waals surface area contributed by atoms with E-state index < -0.39 is 11.4 Å². The van der Waals surface area contributed by atoms with Gasteiger partial charge >= 0.3 is 5.97 Å². The predicted octanol–water partition coefficient (Wildman–Crippen LogP) is 3.23. The van der Waals surface area contributed by atoms with Gasteiger partial charge in [0.2, 0.25) is 0 Å². The van der Waals surface area contributed by atoms with Gasteiger partial charge in [0.15, 0.2) is 0 Å². The fourth-order valence-electron chi connectivity index (χ4n) is 3.12. The normalized spacial score (nSPS) is 11.1. The van der Waals surface area contributed by atoms with Crippen LogP contribution >= 0.6 is 0 Å². The van der Waals surface area contributed by atoms with E-state index in [1.54, 1.807) is 21.1 Å². The third-order valence-electron chi connectivity index (χ3n) is 4.91. The molecule has 2 rings (SSSR count). The second-order valence-corrected chi connectivity index (χ2v) is 6.99. The Labute approximate surface area is 160 Å². The van der Waals surface area contributed by atoms with Crippen LogP contribution in [0.15, 0.2) is 36.4 Å². The molecule has 0 aliphatic carbocycles. The smallest absolute Gasteiger partial charge is 0.318 e. The topological polar surface area (TPSA) is 62.2 Å². The lowest BCUT2D eigenvalue weighted by atomic mass is 9.75. The number of carbonyl (C=O) groups is 1. The third kappa shape index (κ3) is 3.65. The number of nitrogens with zero attached hydrogens (tertiary/aromatic N) is 2. The Morgan fingerprint density at radius 1 is 0.852 bits per heavy atom. The van der Waals surface area contributed by atoms with Crippen LogP contribution in [0.4, 0.5) is 11.4 Å². The van der Waals surface area contributed by atoms with Crippen molar-refractivity contribution in [2.75, 3.05) is 52.2 Å². The molecule has 0 amide bonds. The number of aliphatic carboxylic acids is 1. The zero-order valence-corrected chi connectivity index (χ0v) is 17.0. The molecule has 0 unspecified atom stereocenters. The lowest BCUT2D eigenvalue weighted by molar-refractivity contribution is -0.141. The van der Waals surface area contributed by atoms with Crippen molar-refractivity contribution in [1.29, 1.82) is 0 Å². The number of anilines is 2. The van der Waals surface area contributed by atoms with Crippen molar-refractivity contribution in [1.82, 2.24) is 0 Å². The Balaban J connectivity index is 2.75. The Morgan fingerprint density at radius 2 is 1.22 bits per heavy atom. The lowest BCUT2D eigenvalue weighted by Gasteiger charge is -2.30. The molecule has 146 valence electrons. The summed E-state index contributed by atoms with van der Waals surface area (Å²) in [7, 11) is 10.8. The van der Waals surface area contributed by atoms with Gasteiger partial charge in [0.25, 0.3) is 0 Å². The van der Waals surface area contributed by atoms with Gasteiger partial charge in [-0.25, -0.2) is 0 Å². The first-order valence-electron chi connectivity index (χ1n) is 8.61. The summed E-state index contributed by atoms with van der Waals surface area (Å²) in [6.07, 6.45) is 0. The van der Waals surface area contributed by atoms with Gasteiger partial charge in [0.05, 0.1) is 14.2 Å². The quantitative estimate of drug-likeness (QED) is 0.805. The molecular formula is C21H28N2O4. The number of ether oxygens (including phenoxy) is 2. The SMILES string of the molecule is COc1cc(N(C)C)ccc1C(C)(C(=O)O)c1ccc(N(C)C)cc1OC. The first-order chi connectivity index (χ1) is 12.7. The van der Waals surface area contributed by atoms with Crippen molar-refractivity contribution < 1.29 is 19.4 Å². The molecule has 2 aromatic rings. The van der Waals surface area contributed by atoms with E-state index in [4.69, 9.17) is 9.47 Å². The summed E-state index contributed by atoms with van der Waals surface area (Å²) in [5, 5.41) is 10.2. The predicted molar refractivity (Wildman–Crippen MR) is 109 cm³/mol. The van der Waals surface area contributed by atoms with E-state index in [0.717, 1.165) is 11.4 Å². The fourth-order valence-corrected chi connectivity index (χ4v) is 3.12. The average Bonchev–Trinajstić information content (AvgIpc) is 2.65. The second-order valence-electron chi connectivity index (χ2n) is 6.99. The van der Waals surface area contributed by atoms with Crippen molar-refractivity contribution in [3.63, 3.8) is 0 Å². The van der Waals surface area contributed by atoms with Gasteiger partial charge in [-0.3, -0.25) is 4.79 Å². The van der Waals surface area contributed by atoms with Crippen LogP contribution in [0.2, 0.25) is 0 Å². The maximum atomic E-state index is 12.5. The van der Waals surface area contributed by atoms with Crippen LogP contribution in [0, 0.1) is 0 Å². The van der Waals surface area contributed by atoms with E-state index in [0.29, 0.717) is 22.6 Å². The molecule has 6 nitrogen and oxygen atoms in total. The second kappa shape index (κ2) is 7.78. The van der Waals surface area contributed by atoms with Crippen LogP contribution in [-0.4, -0.2) is 53.5 Å². The number of benzene rings is 2. The maximum Gasteiger partial charge on any atom is 0.318 e. The minimum atomic E-state index is -1.34. The van der Waals surface area contributed by atoms with Gasteiger partial charge in [0, 0.05) is 62.8 Å². The van der Waals surface area contributed by atoms with Crippen molar-refractivity contribution in [3.8, 4) is 11.5 Å². The first kappa shape index (κ1) is 20.4. The maximum absolute atomic E-state index is 12.5. The molecule has 0 aliphatic heterocycles. The molecule has 0 spiro atoms.